The van der Waals surface area contributed by atoms with Crippen LogP contribution in [-0.2, 0) is 0 Å². The summed E-state index contributed by atoms with van der Waals surface area (Å²) in [5.74, 6) is 0. The maximum absolute atomic E-state index is 3.91. The molecule has 0 saturated carbocycles. The smallest absolute Gasteiger partial charge is 0.0848 e. The van der Waals surface area contributed by atoms with Gasteiger partial charge in [0.1, 0.15) is 0 Å². The topological polar surface area (TPSA) is 32.1 Å². The van der Waals surface area contributed by atoms with Gasteiger partial charge in [0.15, 0.2) is 0 Å². The molecule has 0 radical (unpaired) electrons. The second-order valence-electron chi connectivity index (χ2n) is 4.27. The molecule has 72 valence electrons. The zero-order valence-electron chi connectivity index (χ0n) is 8.60. The Morgan fingerprint density at radius 1 is 1.25 bits per heavy atom. The Hall–Kier alpha value is -0.0800. The van der Waals surface area contributed by atoms with E-state index >= 15 is 0 Å². The lowest BCUT2D eigenvalue weighted by molar-refractivity contribution is -0.951. The monoisotopic (exact) mass is 172 g/mol. The van der Waals surface area contributed by atoms with E-state index in [9.17, 15) is 0 Å². The van der Waals surface area contributed by atoms with Crippen LogP contribution in [0.5, 0.6) is 0 Å². The lowest BCUT2D eigenvalue weighted by Crippen LogP contribution is -3.19. The molecule has 1 aliphatic rings. The van der Waals surface area contributed by atoms with Crippen molar-refractivity contribution in [2.24, 2.45) is 0 Å². The van der Waals surface area contributed by atoms with Crippen LogP contribution in [0.4, 0.5) is 0 Å². The van der Waals surface area contributed by atoms with Crippen LogP contribution in [0.2, 0.25) is 0 Å². The summed E-state index contributed by atoms with van der Waals surface area (Å²) >= 11 is 0. The molecule has 0 aromatic carbocycles. The quantitative estimate of drug-likeness (QED) is 0.573. The molecule has 1 rings (SSSR count). The van der Waals surface area contributed by atoms with E-state index in [-0.39, 0.29) is 0 Å². The number of rotatable bonds is 3. The maximum atomic E-state index is 3.91. The highest BCUT2D eigenvalue weighted by Crippen LogP contribution is 2.06. The maximum Gasteiger partial charge on any atom is 0.0848 e. The standard InChI is InChI=1S/C10H22N2/c1-9-5-3-6-10(2)12(9)8-4-7-11/h9-10H,3-8,11H2,1-2H3/p+2/t9-,10-/m1/s1. The summed E-state index contributed by atoms with van der Waals surface area (Å²) < 4.78 is 0. The molecule has 0 spiro atoms. The summed E-state index contributed by atoms with van der Waals surface area (Å²) in [7, 11) is 0. The molecule has 0 bridgehead atoms. The van der Waals surface area contributed by atoms with E-state index in [0.29, 0.717) is 0 Å². The van der Waals surface area contributed by atoms with Gasteiger partial charge in [-0.1, -0.05) is 0 Å². The fourth-order valence-electron chi connectivity index (χ4n) is 2.41. The predicted octanol–water partition coefficient (Wildman–Crippen LogP) is -0.536. The van der Waals surface area contributed by atoms with E-state index in [1.807, 2.05) is 4.90 Å². The summed E-state index contributed by atoms with van der Waals surface area (Å²) in [6, 6.07) is 1.78. The van der Waals surface area contributed by atoms with Gasteiger partial charge in [-0.2, -0.15) is 0 Å². The first-order chi connectivity index (χ1) is 5.75. The molecule has 0 aromatic rings. The molecule has 2 atom stereocenters. The molecule has 0 aromatic heterocycles. The van der Waals surface area contributed by atoms with Gasteiger partial charge < -0.3 is 10.6 Å². The van der Waals surface area contributed by atoms with Gasteiger partial charge in [-0.3, -0.25) is 0 Å². The third kappa shape index (κ3) is 2.46. The molecular weight excluding hydrogens is 148 g/mol. The van der Waals surface area contributed by atoms with E-state index in [4.69, 9.17) is 0 Å². The van der Waals surface area contributed by atoms with Crippen LogP contribution in [0.1, 0.15) is 39.5 Å². The molecule has 0 aliphatic carbocycles. The molecule has 12 heavy (non-hydrogen) atoms. The van der Waals surface area contributed by atoms with E-state index in [0.717, 1.165) is 18.6 Å². The lowest BCUT2D eigenvalue weighted by Gasteiger charge is -2.35. The minimum Gasteiger partial charge on any atom is -0.357 e. The molecule has 0 unspecified atom stereocenters. The second kappa shape index (κ2) is 4.83. The van der Waals surface area contributed by atoms with Crippen molar-refractivity contribution >= 4 is 0 Å². The first kappa shape index (κ1) is 10.0. The van der Waals surface area contributed by atoms with Crippen LogP contribution in [0.15, 0.2) is 0 Å². The van der Waals surface area contributed by atoms with Crippen molar-refractivity contribution in [2.45, 2.75) is 51.6 Å². The molecule has 1 saturated heterocycles. The van der Waals surface area contributed by atoms with Gasteiger partial charge in [0.25, 0.3) is 0 Å². The Kier molecular flexibility index (Phi) is 4.02. The van der Waals surface area contributed by atoms with E-state index in [1.54, 1.807) is 0 Å². The summed E-state index contributed by atoms with van der Waals surface area (Å²) in [5, 5.41) is 0. The van der Waals surface area contributed by atoms with Crippen molar-refractivity contribution < 1.29 is 10.6 Å². The number of hydrogen-bond acceptors (Lipinski definition) is 0. The average Bonchev–Trinajstić information content (AvgIpc) is 2.04. The van der Waals surface area contributed by atoms with Gasteiger partial charge in [-0.25, -0.2) is 0 Å². The van der Waals surface area contributed by atoms with Crippen molar-refractivity contribution in [1.29, 1.82) is 0 Å². The van der Waals surface area contributed by atoms with Gasteiger partial charge >= 0.3 is 0 Å². The van der Waals surface area contributed by atoms with E-state index < -0.39 is 0 Å². The number of hydrogen-bond donors (Lipinski definition) is 2. The fraction of sp³-hybridized carbons (Fsp3) is 1.00. The predicted molar refractivity (Wildman–Crippen MR) is 51.0 cm³/mol. The van der Waals surface area contributed by atoms with Gasteiger partial charge in [-0.15, -0.1) is 0 Å². The molecule has 1 fully saturated rings. The van der Waals surface area contributed by atoms with Crippen molar-refractivity contribution in [3.05, 3.63) is 0 Å². The molecule has 2 heteroatoms. The Morgan fingerprint density at radius 2 is 1.83 bits per heavy atom. The zero-order chi connectivity index (χ0) is 8.97. The molecule has 1 aliphatic heterocycles. The Morgan fingerprint density at radius 3 is 2.33 bits per heavy atom. The summed E-state index contributed by atoms with van der Waals surface area (Å²) in [6.07, 6.45) is 5.59. The first-order valence-electron chi connectivity index (χ1n) is 5.40. The number of likely N-dealkylation sites (tertiary alicyclic amines) is 1. The highest BCUT2D eigenvalue weighted by atomic mass is 15.2. The van der Waals surface area contributed by atoms with Crippen molar-refractivity contribution in [3.63, 3.8) is 0 Å². The van der Waals surface area contributed by atoms with Crippen molar-refractivity contribution in [3.8, 4) is 0 Å². The fourth-order valence-corrected chi connectivity index (χ4v) is 2.41. The number of piperidine rings is 1. The Balaban J connectivity index is 2.34. The van der Waals surface area contributed by atoms with Crippen LogP contribution in [0.3, 0.4) is 0 Å². The highest BCUT2D eigenvalue weighted by molar-refractivity contribution is 4.61. The van der Waals surface area contributed by atoms with Crippen molar-refractivity contribution in [1.82, 2.24) is 0 Å². The third-order valence-electron chi connectivity index (χ3n) is 3.26. The van der Waals surface area contributed by atoms with Crippen molar-refractivity contribution in [2.75, 3.05) is 13.1 Å². The first-order valence-corrected chi connectivity index (χ1v) is 5.40. The van der Waals surface area contributed by atoms with Gasteiger partial charge in [0.05, 0.1) is 25.2 Å². The molecule has 2 nitrogen and oxygen atoms in total. The SMILES string of the molecule is C[C@@H]1CCC[C@@H](C)[NH+]1CCC[NH3+]. The van der Waals surface area contributed by atoms with Crippen LogP contribution in [0, 0.1) is 0 Å². The van der Waals surface area contributed by atoms with Gasteiger partial charge in [0, 0.05) is 6.42 Å². The number of quaternary nitrogens is 2. The summed E-state index contributed by atoms with van der Waals surface area (Å²) in [5.41, 5.74) is 3.91. The van der Waals surface area contributed by atoms with Crippen LogP contribution >= 0.6 is 0 Å². The normalized spacial score (nSPS) is 32.2. The highest BCUT2D eigenvalue weighted by Gasteiger charge is 2.27. The molecule has 1 heterocycles. The lowest BCUT2D eigenvalue weighted by atomic mass is 9.97. The third-order valence-corrected chi connectivity index (χ3v) is 3.26. The second-order valence-corrected chi connectivity index (χ2v) is 4.27. The average molecular weight is 172 g/mol. The van der Waals surface area contributed by atoms with Crippen LogP contribution in [0.25, 0.3) is 0 Å². The Labute approximate surface area is 76.1 Å². The molecule has 0 amide bonds. The minimum atomic E-state index is 0.889. The summed E-state index contributed by atoms with van der Waals surface area (Å²) in [4.78, 5) is 1.82. The minimum absolute atomic E-state index is 0.889. The number of nitrogens with one attached hydrogen (secondary N) is 1. The molecule has 4 N–H and O–H groups in total. The van der Waals surface area contributed by atoms with Gasteiger partial charge in [-0.05, 0) is 33.1 Å². The van der Waals surface area contributed by atoms with E-state index in [1.165, 1.54) is 32.2 Å². The Bertz CT molecular complexity index is 115. The zero-order valence-corrected chi connectivity index (χ0v) is 8.60. The van der Waals surface area contributed by atoms with Crippen LogP contribution < -0.4 is 10.6 Å². The largest absolute Gasteiger partial charge is 0.357 e. The van der Waals surface area contributed by atoms with Gasteiger partial charge in [0.2, 0.25) is 0 Å². The summed E-state index contributed by atoms with van der Waals surface area (Å²) in [6.45, 7) is 7.23. The van der Waals surface area contributed by atoms with E-state index in [2.05, 4.69) is 19.6 Å². The van der Waals surface area contributed by atoms with Crippen LogP contribution in [-0.4, -0.2) is 25.2 Å². The molecular formula is C10H24N2+2.